The summed E-state index contributed by atoms with van der Waals surface area (Å²) in [5.41, 5.74) is 4.04. The van der Waals surface area contributed by atoms with Crippen molar-refractivity contribution >= 4 is 11.8 Å². The molecule has 25 heavy (non-hydrogen) atoms. The molecule has 124 valence electrons. The zero-order valence-electron chi connectivity index (χ0n) is 13.6. The molecule has 0 aliphatic heterocycles. The summed E-state index contributed by atoms with van der Waals surface area (Å²) in [6, 6.07) is 12.5. The lowest BCUT2D eigenvalue weighted by Crippen LogP contribution is -2.28. The van der Waals surface area contributed by atoms with E-state index in [2.05, 4.69) is 31.9 Å². The molecule has 3 aromatic rings. The van der Waals surface area contributed by atoms with E-state index < -0.39 is 0 Å². The Balaban J connectivity index is 1.61. The number of carbonyl (C=O) groups excluding carboxylic acids is 1. The predicted octanol–water partition coefficient (Wildman–Crippen LogP) is 2.97. The number of aromatic nitrogens is 3. The van der Waals surface area contributed by atoms with E-state index in [1.54, 1.807) is 24.5 Å². The van der Waals surface area contributed by atoms with Gasteiger partial charge in [0, 0.05) is 30.1 Å². The van der Waals surface area contributed by atoms with E-state index >= 15 is 0 Å². The van der Waals surface area contributed by atoms with Crippen LogP contribution < -0.4 is 10.6 Å². The number of nitriles is 1. The van der Waals surface area contributed by atoms with E-state index in [0.29, 0.717) is 17.9 Å². The number of anilines is 1. The summed E-state index contributed by atoms with van der Waals surface area (Å²) in [6.45, 7) is 2.25. The van der Waals surface area contributed by atoms with Crippen LogP contribution in [0.4, 0.5) is 10.6 Å². The Labute approximate surface area is 144 Å². The van der Waals surface area contributed by atoms with Crippen LogP contribution in [0.2, 0.25) is 0 Å². The lowest BCUT2D eigenvalue weighted by molar-refractivity contribution is 0.251. The van der Waals surface area contributed by atoms with E-state index in [-0.39, 0.29) is 6.03 Å². The first kappa shape index (κ1) is 16.2. The highest BCUT2D eigenvalue weighted by atomic mass is 16.2. The number of nitrogens with one attached hydrogen (secondary N) is 3. The Hall–Kier alpha value is -3.66. The molecular weight excluding hydrogens is 316 g/mol. The summed E-state index contributed by atoms with van der Waals surface area (Å²) in [6.07, 6.45) is 3.39. The highest BCUT2D eigenvalue weighted by molar-refractivity contribution is 5.90. The fraction of sp³-hybridized carbons (Fsp3) is 0.111. The van der Waals surface area contributed by atoms with Gasteiger partial charge in [0.2, 0.25) is 0 Å². The van der Waals surface area contributed by atoms with Crippen molar-refractivity contribution in [2.24, 2.45) is 0 Å². The number of H-pyrrole nitrogens is 1. The Kier molecular flexibility index (Phi) is 4.72. The topological polar surface area (TPSA) is 106 Å². The summed E-state index contributed by atoms with van der Waals surface area (Å²) < 4.78 is 0. The van der Waals surface area contributed by atoms with Gasteiger partial charge in [0.25, 0.3) is 0 Å². The van der Waals surface area contributed by atoms with Gasteiger partial charge >= 0.3 is 6.03 Å². The number of benzene rings is 1. The van der Waals surface area contributed by atoms with Crippen LogP contribution in [0.5, 0.6) is 0 Å². The summed E-state index contributed by atoms with van der Waals surface area (Å²) in [5.74, 6) is 0.546. The average Bonchev–Trinajstić information content (AvgIpc) is 3.01. The lowest BCUT2D eigenvalue weighted by atomic mass is 10.1. The number of rotatable bonds is 4. The van der Waals surface area contributed by atoms with Gasteiger partial charge in [-0.1, -0.05) is 12.1 Å². The Morgan fingerprint density at radius 3 is 2.60 bits per heavy atom. The van der Waals surface area contributed by atoms with Crippen molar-refractivity contribution in [3.05, 3.63) is 65.5 Å². The second kappa shape index (κ2) is 7.27. The molecule has 0 spiro atoms. The Bertz CT molecular complexity index is 909. The molecule has 3 N–H and O–H groups in total. The van der Waals surface area contributed by atoms with E-state index in [0.717, 1.165) is 22.4 Å². The normalized spacial score (nSPS) is 10.1. The van der Waals surface area contributed by atoms with Crippen molar-refractivity contribution in [2.45, 2.75) is 13.5 Å². The number of nitrogens with zero attached hydrogens (tertiary/aromatic N) is 3. The molecule has 7 heteroatoms. The minimum atomic E-state index is -0.336. The number of hydrogen-bond donors (Lipinski definition) is 3. The van der Waals surface area contributed by atoms with Gasteiger partial charge in [-0.05, 0) is 36.8 Å². The lowest BCUT2D eigenvalue weighted by Gasteiger charge is -2.07. The van der Waals surface area contributed by atoms with Gasteiger partial charge < -0.3 is 5.32 Å². The maximum absolute atomic E-state index is 12.1. The monoisotopic (exact) mass is 332 g/mol. The van der Waals surface area contributed by atoms with Crippen LogP contribution in [0.15, 0.2) is 48.8 Å². The van der Waals surface area contributed by atoms with Gasteiger partial charge in [-0.2, -0.15) is 10.4 Å². The highest BCUT2D eigenvalue weighted by Gasteiger charge is 2.12. The zero-order chi connectivity index (χ0) is 17.6. The van der Waals surface area contributed by atoms with Crippen molar-refractivity contribution in [3.63, 3.8) is 0 Å². The molecule has 7 nitrogen and oxygen atoms in total. The molecule has 2 aromatic heterocycles. The molecule has 0 bridgehead atoms. The fourth-order valence-corrected chi connectivity index (χ4v) is 2.35. The molecule has 3 rings (SSSR count). The average molecular weight is 332 g/mol. The van der Waals surface area contributed by atoms with E-state index in [9.17, 15) is 4.79 Å². The molecule has 1 aromatic carbocycles. The second-order valence-electron chi connectivity index (χ2n) is 5.42. The van der Waals surface area contributed by atoms with E-state index in [1.807, 2.05) is 31.2 Å². The maximum atomic E-state index is 12.1. The van der Waals surface area contributed by atoms with Gasteiger partial charge in [-0.25, -0.2) is 4.79 Å². The fourth-order valence-electron chi connectivity index (χ4n) is 2.35. The number of pyridine rings is 1. The third-order valence-electron chi connectivity index (χ3n) is 3.74. The number of carbonyl (C=O) groups is 1. The zero-order valence-corrected chi connectivity index (χ0v) is 13.6. The van der Waals surface area contributed by atoms with Crippen molar-refractivity contribution < 1.29 is 4.79 Å². The van der Waals surface area contributed by atoms with E-state index in [1.165, 1.54) is 0 Å². The summed E-state index contributed by atoms with van der Waals surface area (Å²) in [5, 5.41) is 21.4. The minimum absolute atomic E-state index is 0.336. The predicted molar refractivity (Wildman–Crippen MR) is 93.6 cm³/mol. The minimum Gasteiger partial charge on any atom is -0.334 e. The first-order chi connectivity index (χ1) is 12.2. The smallest absolute Gasteiger partial charge is 0.320 e. The van der Waals surface area contributed by atoms with Gasteiger partial charge in [-0.15, -0.1) is 0 Å². The standard InChI is InChI=1S/C18H16N6O/c1-12-16(15-6-8-20-9-7-15)23-24-17(12)22-18(25)21-11-14-4-2-13(10-19)3-5-14/h2-9H,11H2,1H3,(H3,21,22,23,24,25). The molecular formula is C18H16N6O. The first-order valence-corrected chi connectivity index (χ1v) is 7.66. The quantitative estimate of drug-likeness (QED) is 0.682. The van der Waals surface area contributed by atoms with Crippen LogP contribution in [-0.4, -0.2) is 21.2 Å². The molecule has 0 aliphatic rings. The van der Waals surface area contributed by atoms with E-state index in [4.69, 9.17) is 5.26 Å². The van der Waals surface area contributed by atoms with Crippen molar-refractivity contribution in [1.29, 1.82) is 5.26 Å². The molecule has 2 amide bonds. The number of urea groups is 1. The summed E-state index contributed by atoms with van der Waals surface area (Å²) in [7, 11) is 0. The first-order valence-electron chi connectivity index (χ1n) is 7.66. The number of amides is 2. The van der Waals surface area contributed by atoms with Crippen LogP contribution >= 0.6 is 0 Å². The molecule has 0 saturated heterocycles. The van der Waals surface area contributed by atoms with Gasteiger partial charge in [-0.3, -0.25) is 15.4 Å². The SMILES string of the molecule is Cc1c(-c2ccncc2)n[nH]c1NC(=O)NCc1ccc(C#N)cc1. The highest BCUT2D eigenvalue weighted by Crippen LogP contribution is 2.25. The molecule has 0 radical (unpaired) electrons. The number of aromatic amines is 1. The van der Waals surface area contributed by atoms with Crippen LogP contribution in [-0.2, 0) is 6.54 Å². The van der Waals surface area contributed by atoms with Crippen LogP contribution in [0.1, 0.15) is 16.7 Å². The number of hydrogen-bond acceptors (Lipinski definition) is 4. The van der Waals surface area contributed by atoms with Gasteiger partial charge in [0.05, 0.1) is 17.3 Å². The van der Waals surface area contributed by atoms with Crippen LogP contribution in [0, 0.1) is 18.3 Å². The van der Waals surface area contributed by atoms with Crippen molar-refractivity contribution in [2.75, 3.05) is 5.32 Å². The maximum Gasteiger partial charge on any atom is 0.320 e. The Morgan fingerprint density at radius 2 is 1.92 bits per heavy atom. The third-order valence-corrected chi connectivity index (χ3v) is 3.74. The third kappa shape index (κ3) is 3.82. The van der Waals surface area contributed by atoms with Crippen molar-refractivity contribution in [3.8, 4) is 17.3 Å². The van der Waals surface area contributed by atoms with Gasteiger partial charge in [0.1, 0.15) is 5.82 Å². The summed E-state index contributed by atoms with van der Waals surface area (Å²) >= 11 is 0. The molecule has 2 heterocycles. The summed E-state index contributed by atoms with van der Waals surface area (Å²) in [4.78, 5) is 16.1. The van der Waals surface area contributed by atoms with Crippen LogP contribution in [0.3, 0.4) is 0 Å². The molecule has 0 fully saturated rings. The van der Waals surface area contributed by atoms with Gasteiger partial charge in [0.15, 0.2) is 0 Å². The molecule has 0 unspecified atom stereocenters. The molecule has 0 saturated carbocycles. The molecule has 0 aliphatic carbocycles. The second-order valence-corrected chi connectivity index (χ2v) is 5.42. The Morgan fingerprint density at radius 1 is 1.20 bits per heavy atom. The van der Waals surface area contributed by atoms with Crippen molar-refractivity contribution in [1.82, 2.24) is 20.5 Å². The largest absolute Gasteiger partial charge is 0.334 e. The van der Waals surface area contributed by atoms with Crippen LogP contribution in [0.25, 0.3) is 11.3 Å². The molecule has 0 atom stereocenters.